The normalized spacial score (nSPS) is 46.2. The highest BCUT2D eigenvalue weighted by atomic mass is 19.1. The summed E-state index contributed by atoms with van der Waals surface area (Å²) in [6.45, 7) is -9.09. The number of aliphatic hydroxyl groups is 27. The molecule has 5 amide bonds. The van der Waals surface area contributed by atoms with Crippen molar-refractivity contribution in [2.45, 2.75) is 365 Å². The smallest absolute Gasteiger partial charge is 0.364 e. The van der Waals surface area contributed by atoms with E-state index in [0.717, 1.165) is 34.6 Å². The molecule has 0 aromatic rings. The molecule has 10 aliphatic rings. The average Bonchev–Trinajstić information content (AvgIpc) is 0.752. The number of rotatable bonds is 39. The molecule has 0 aliphatic carbocycles. The van der Waals surface area contributed by atoms with Gasteiger partial charge in [-0.2, -0.15) is 0 Å². The number of aliphatic carboxylic acids is 2. The average molecular weight is 2020 g/mol. The Hall–Kier alpha value is -5.69. The third kappa shape index (κ3) is 25.0. The molecule has 52 atom stereocenters. The van der Waals surface area contributed by atoms with Crippen molar-refractivity contribution < 1.29 is 280 Å². The first kappa shape index (κ1) is 114. The molecule has 796 valence electrons. The fourth-order valence-corrected chi connectivity index (χ4v) is 17.7. The molecule has 10 fully saturated rings. The molecular formula is C76H123F2N5O55. The van der Waals surface area contributed by atoms with Crippen LogP contribution in [0.5, 0.6) is 0 Å². The number of alkyl halides is 2. The van der Waals surface area contributed by atoms with Gasteiger partial charge in [-0.1, -0.05) is 0 Å². The van der Waals surface area contributed by atoms with Crippen LogP contribution in [0.4, 0.5) is 8.78 Å². The highest BCUT2D eigenvalue weighted by Gasteiger charge is 2.66. The number of carboxylic acids is 2. The number of carbonyl (C=O) groups is 7. The van der Waals surface area contributed by atoms with Crippen molar-refractivity contribution in [1.29, 1.82) is 0 Å². The molecule has 62 heteroatoms. The molecule has 138 heavy (non-hydrogen) atoms. The van der Waals surface area contributed by atoms with E-state index in [9.17, 15) is 190 Å². The molecule has 10 rings (SSSR count). The fraction of sp³-hybridized carbons (Fsp3) is 0.908. The van der Waals surface area contributed by atoms with Gasteiger partial charge in [0.2, 0.25) is 29.5 Å². The Kier molecular flexibility index (Phi) is 40.6. The molecule has 10 saturated heterocycles. The zero-order chi connectivity index (χ0) is 102. The van der Waals surface area contributed by atoms with Gasteiger partial charge >= 0.3 is 11.9 Å². The summed E-state index contributed by atoms with van der Waals surface area (Å²) in [6, 6.07) is -9.78. The van der Waals surface area contributed by atoms with Gasteiger partial charge in [0.05, 0.1) is 77.1 Å². The summed E-state index contributed by atoms with van der Waals surface area (Å²) in [4.78, 5) is 89.8. The lowest BCUT2D eigenvalue weighted by molar-refractivity contribution is -0.400. The van der Waals surface area contributed by atoms with Crippen molar-refractivity contribution in [3.8, 4) is 0 Å². The van der Waals surface area contributed by atoms with Gasteiger partial charge in [0.1, 0.15) is 245 Å². The van der Waals surface area contributed by atoms with Crippen LogP contribution < -0.4 is 26.6 Å². The second-order valence-electron chi connectivity index (χ2n) is 34.5. The van der Waals surface area contributed by atoms with Crippen LogP contribution in [-0.4, -0.2) is 574 Å². The van der Waals surface area contributed by atoms with Gasteiger partial charge in [0.15, 0.2) is 50.3 Å². The molecule has 48 unspecified atom stereocenters. The van der Waals surface area contributed by atoms with Crippen molar-refractivity contribution in [2.24, 2.45) is 0 Å². The molecule has 10 heterocycles. The molecule has 10 aliphatic heterocycles. The largest absolute Gasteiger partial charge is 0.477 e. The Labute approximate surface area is 777 Å². The minimum Gasteiger partial charge on any atom is -0.477 e. The minimum absolute atomic E-state index is 0.838. The van der Waals surface area contributed by atoms with Crippen LogP contribution in [-0.2, 0) is 124 Å². The van der Waals surface area contributed by atoms with E-state index < -0.39 is 438 Å². The van der Waals surface area contributed by atoms with E-state index in [1.807, 2.05) is 0 Å². The second kappa shape index (κ2) is 49.0. The maximum atomic E-state index is 13.8. The van der Waals surface area contributed by atoms with Gasteiger partial charge in [-0.25, -0.2) is 18.4 Å². The number of aliphatic hydroxyl groups excluding tert-OH is 27. The summed E-state index contributed by atoms with van der Waals surface area (Å²) < 4.78 is 140. The van der Waals surface area contributed by atoms with Crippen LogP contribution in [0.15, 0.2) is 0 Å². The van der Waals surface area contributed by atoms with E-state index in [1.54, 1.807) is 0 Å². The number of hydrogen-bond acceptors (Lipinski definition) is 53. The van der Waals surface area contributed by atoms with Crippen molar-refractivity contribution in [3.63, 3.8) is 0 Å². The van der Waals surface area contributed by atoms with Gasteiger partial charge in [0, 0.05) is 47.5 Å². The summed E-state index contributed by atoms with van der Waals surface area (Å²) in [5.41, 5.74) is 0. The summed E-state index contributed by atoms with van der Waals surface area (Å²) in [5, 5.41) is 339. The maximum Gasteiger partial charge on any atom is 0.364 e. The molecule has 0 saturated carbocycles. The van der Waals surface area contributed by atoms with Crippen LogP contribution >= 0.6 is 0 Å². The zero-order valence-corrected chi connectivity index (χ0v) is 73.7. The topological polar surface area (TPSA) is 942 Å². The third-order valence-electron chi connectivity index (χ3n) is 24.8. The van der Waals surface area contributed by atoms with E-state index >= 15 is 0 Å². The van der Waals surface area contributed by atoms with Crippen molar-refractivity contribution in [2.75, 3.05) is 66.2 Å². The zero-order valence-electron chi connectivity index (χ0n) is 73.7. The molecule has 60 nitrogen and oxygen atoms in total. The lowest BCUT2D eigenvalue weighted by atomic mass is 9.88. The molecule has 0 radical (unpaired) electrons. The molecular weight excluding hydrogens is 1900 g/mol. The third-order valence-corrected chi connectivity index (χ3v) is 24.8. The first-order chi connectivity index (χ1) is 65.0. The van der Waals surface area contributed by atoms with E-state index in [1.165, 1.54) is 0 Å². The number of nitrogens with one attached hydrogen (secondary N) is 5. The first-order valence-electron chi connectivity index (χ1n) is 43.3. The van der Waals surface area contributed by atoms with E-state index in [0.29, 0.717) is 0 Å². The van der Waals surface area contributed by atoms with Crippen LogP contribution in [0.25, 0.3) is 0 Å². The Morgan fingerprint density at radius 2 is 0.587 bits per heavy atom. The highest BCUT2D eigenvalue weighted by Crippen LogP contribution is 2.44. The number of amides is 5. The quantitative estimate of drug-likeness (QED) is 0.0272. The summed E-state index contributed by atoms with van der Waals surface area (Å²) in [5.74, 6) is -16.1. The van der Waals surface area contributed by atoms with Gasteiger partial charge in [0.25, 0.3) is 11.6 Å². The second-order valence-corrected chi connectivity index (χ2v) is 34.5. The fourth-order valence-electron chi connectivity index (χ4n) is 17.7. The van der Waals surface area contributed by atoms with Gasteiger partial charge in [-0.3, -0.25) is 24.0 Å². The Balaban J connectivity index is 0.932. The Bertz CT molecular complexity index is 3940. The molecule has 0 aromatic heterocycles. The number of halogens is 2. The summed E-state index contributed by atoms with van der Waals surface area (Å²) in [7, 11) is 0. The van der Waals surface area contributed by atoms with E-state index in [2.05, 4.69) is 26.6 Å². The SMILES string of the molecule is CC(=O)NC1C(O)OC(CO)C(OC2OC(COC3OC(CO)C(O)C(O)C3OC3OC(CO)C(OC4OC(CO)C(O)C(OC5(C(=O)O)CC(O)C(NC(C)=O)C([C@H](O)[C@@H](O)CF)O5)C4O)C(O)C3NC(C)=O)C(O)C(OC3OC(CO)C(O)C(O)C3OC3OC(CO)C(OC4OC(CO)C(O)C(OC5(C(=O)O)CC(O)C(NC(C)=O)C([C@@H](O)[C@@H](O)CF)O5)C4O)C(O)C3NC(C)=O)C2O)C1O. The lowest BCUT2D eigenvalue weighted by Crippen LogP contribution is -2.71. The summed E-state index contributed by atoms with van der Waals surface area (Å²) in [6.07, 6.45) is -107. The standard InChI is InChI=1S/C76H123F2N5O55/c1-18(91)79-35-23(96)6-75(73(116)117,135-58(35)40(100)25(98)8-77)137-61-44(104)29(12-86)122-69(53(61)113)130-56-32(15-89)126-66(38(48(56)108)82-21(4)94)133-63-50(110)42(102)27(10-84)124-71(63)120-17-34-46(106)60(52(112)68(128-34)129-55-31(14-88)121-65(115)37(47(55)107)81-20(3)93)132-72-64(51(111)43(103)28(11-85)125-72)134-67-39(83-22(5)95)49(109)57(33(16-90)127-67)131-70-54(114)62(45(105)30(13-87)123-70)138-76(74(118)119)7-24(97)36(80-19(2)92)59(136-76)41(101)26(99)9-78/h23-72,84-90,96-115H,6-17H2,1-5H3,(H,79,91)(H,80,92)(H,81,93)(H,82,94)(H,83,95)(H,116,117)(H,118,119)/t23?,24?,25-,26-,27?,28?,29?,30?,31?,32?,33?,34?,35?,36?,37?,38?,39?,40+,41-,42?,43?,44?,45?,46?,47?,48?,49?,50?,51?,52?,53?,54?,55?,56?,57?,58?,59?,60?,61?,62?,63?,64?,65?,66?,67?,68?,69?,70?,71?,72?,75?,76?/m0/s1. The monoisotopic (exact) mass is 2020 g/mol. The predicted molar refractivity (Wildman–Crippen MR) is 420 cm³/mol. The highest BCUT2D eigenvalue weighted by molar-refractivity contribution is 5.78. The molecule has 0 aromatic carbocycles. The van der Waals surface area contributed by atoms with Crippen molar-refractivity contribution in [3.05, 3.63) is 0 Å². The Morgan fingerprint density at radius 1 is 0.312 bits per heavy atom. The van der Waals surface area contributed by atoms with Crippen LogP contribution in [0.1, 0.15) is 47.5 Å². The lowest BCUT2D eigenvalue weighted by Gasteiger charge is -2.51. The molecule has 34 N–H and O–H groups in total. The number of ether oxygens (including phenoxy) is 19. The maximum absolute atomic E-state index is 13.8. The van der Waals surface area contributed by atoms with Crippen LogP contribution in [0, 0.1) is 0 Å². The van der Waals surface area contributed by atoms with Crippen LogP contribution in [0.2, 0.25) is 0 Å². The first-order valence-corrected chi connectivity index (χ1v) is 43.3. The van der Waals surface area contributed by atoms with Gasteiger partial charge in [-0.15, -0.1) is 0 Å². The Morgan fingerprint density at radius 3 is 0.935 bits per heavy atom. The molecule has 0 spiro atoms. The predicted octanol–water partition coefficient (Wildman–Crippen LogP) is -21.7. The number of carbonyl (C=O) groups excluding carboxylic acids is 5. The van der Waals surface area contributed by atoms with Crippen molar-refractivity contribution in [1.82, 2.24) is 26.6 Å². The van der Waals surface area contributed by atoms with Gasteiger partial charge in [-0.05, 0) is 0 Å². The van der Waals surface area contributed by atoms with E-state index in [-0.39, 0.29) is 0 Å². The van der Waals surface area contributed by atoms with Crippen LogP contribution in [0.3, 0.4) is 0 Å². The number of hydrogen-bond donors (Lipinski definition) is 34. The van der Waals surface area contributed by atoms with Gasteiger partial charge < -0.3 is 265 Å². The van der Waals surface area contributed by atoms with E-state index in [4.69, 9.17) is 90.0 Å². The minimum atomic E-state index is -3.37. The summed E-state index contributed by atoms with van der Waals surface area (Å²) >= 11 is 0. The molecule has 0 bridgehead atoms. The number of carboxylic acid groups (broad SMARTS) is 2. The van der Waals surface area contributed by atoms with Crippen molar-refractivity contribution >= 4 is 41.5 Å².